The van der Waals surface area contributed by atoms with E-state index in [1.54, 1.807) is 30.5 Å². The number of carbonyl (C=O) groups excluding carboxylic acids is 1. The Morgan fingerprint density at radius 3 is 2.94 bits per heavy atom. The van der Waals surface area contributed by atoms with E-state index in [2.05, 4.69) is 4.98 Å². The molecule has 2 aromatic rings. The average molecular weight is 262 g/mol. The molecular weight excluding hydrogens is 248 g/mol. The predicted molar refractivity (Wildman–Crippen MR) is 72.7 cm³/mol. The summed E-state index contributed by atoms with van der Waals surface area (Å²) in [4.78, 5) is 17.1. The van der Waals surface area contributed by atoms with Crippen LogP contribution >= 0.6 is 11.3 Å². The SMILES string of the molecule is CCOC(=O)c1ccnc(-c2csc(C)c2)c1N. The summed E-state index contributed by atoms with van der Waals surface area (Å²) in [5.41, 5.74) is 8.29. The smallest absolute Gasteiger partial charge is 0.340 e. The van der Waals surface area contributed by atoms with Gasteiger partial charge in [0.2, 0.25) is 0 Å². The highest BCUT2D eigenvalue weighted by atomic mass is 32.1. The maximum atomic E-state index is 11.7. The average Bonchev–Trinajstić information content (AvgIpc) is 2.76. The number of esters is 1. The normalized spacial score (nSPS) is 10.3. The summed E-state index contributed by atoms with van der Waals surface area (Å²) >= 11 is 1.62. The number of nitrogens with two attached hydrogens (primary N) is 1. The highest BCUT2D eigenvalue weighted by molar-refractivity contribution is 7.10. The monoisotopic (exact) mass is 262 g/mol. The van der Waals surface area contributed by atoms with E-state index in [0.29, 0.717) is 23.6 Å². The largest absolute Gasteiger partial charge is 0.462 e. The van der Waals surface area contributed by atoms with Crippen molar-refractivity contribution in [3.63, 3.8) is 0 Å². The van der Waals surface area contributed by atoms with Crippen LogP contribution in [0.2, 0.25) is 0 Å². The van der Waals surface area contributed by atoms with Crippen LogP contribution in [0.1, 0.15) is 22.2 Å². The predicted octanol–water partition coefficient (Wildman–Crippen LogP) is 2.88. The molecule has 18 heavy (non-hydrogen) atoms. The van der Waals surface area contributed by atoms with Gasteiger partial charge in [0, 0.05) is 22.0 Å². The lowest BCUT2D eigenvalue weighted by Crippen LogP contribution is -2.09. The Morgan fingerprint density at radius 1 is 1.56 bits per heavy atom. The van der Waals surface area contributed by atoms with Gasteiger partial charge < -0.3 is 10.5 Å². The number of pyridine rings is 1. The fourth-order valence-electron chi connectivity index (χ4n) is 1.66. The fraction of sp³-hybridized carbons (Fsp3) is 0.231. The molecule has 0 unspecified atom stereocenters. The summed E-state index contributed by atoms with van der Waals surface area (Å²) < 4.78 is 4.96. The fourth-order valence-corrected chi connectivity index (χ4v) is 2.35. The number of nitrogens with zero attached hydrogens (tertiary/aromatic N) is 1. The number of thiophene rings is 1. The molecule has 2 rings (SSSR count). The van der Waals surface area contributed by atoms with E-state index in [1.165, 1.54) is 4.88 Å². The highest BCUT2D eigenvalue weighted by Gasteiger charge is 2.15. The Balaban J connectivity index is 2.45. The van der Waals surface area contributed by atoms with Gasteiger partial charge in [0.25, 0.3) is 0 Å². The van der Waals surface area contributed by atoms with Gasteiger partial charge in [0.15, 0.2) is 0 Å². The minimum absolute atomic E-state index is 0.327. The first-order valence-electron chi connectivity index (χ1n) is 5.60. The number of rotatable bonds is 3. The Kier molecular flexibility index (Phi) is 3.62. The second-order valence-corrected chi connectivity index (χ2v) is 4.90. The second-order valence-electron chi connectivity index (χ2n) is 3.79. The maximum absolute atomic E-state index is 11.7. The third-order valence-electron chi connectivity index (χ3n) is 2.49. The molecule has 0 bridgehead atoms. The van der Waals surface area contributed by atoms with Crippen molar-refractivity contribution in [3.05, 3.63) is 34.2 Å². The molecule has 0 aromatic carbocycles. The van der Waals surface area contributed by atoms with E-state index in [1.807, 2.05) is 18.4 Å². The molecule has 0 aliphatic rings. The van der Waals surface area contributed by atoms with Crippen LogP contribution in [-0.4, -0.2) is 17.6 Å². The van der Waals surface area contributed by atoms with Gasteiger partial charge in [-0.2, -0.15) is 0 Å². The van der Waals surface area contributed by atoms with Crippen LogP contribution in [0.15, 0.2) is 23.7 Å². The number of nitrogen functional groups attached to an aromatic ring is 1. The van der Waals surface area contributed by atoms with E-state index in [4.69, 9.17) is 10.5 Å². The van der Waals surface area contributed by atoms with Gasteiger partial charge in [-0.25, -0.2) is 4.79 Å². The number of hydrogen-bond donors (Lipinski definition) is 1. The van der Waals surface area contributed by atoms with Gasteiger partial charge in [0.1, 0.15) is 0 Å². The van der Waals surface area contributed by atoms with Gasteiger partial charge in [-0.15, -0.1) is 11.3 Å². The van der Waals surface area contributed by atoms with Gasteiger partial charge >= 0.3 is 5.97 Å². The molecule has 5 heteroatoms. The molecule has 0 spiro atoms. The van der Waals surface area contributed by atoms with Gasteiger partial charge in [0.05, 0.1) is 23.6 Å². The first kappa shape index (κ1) is 12.6. The second kappa shape index (κ2) is 5.18. The number of aromatic nitrogens is 1. The molecule has 0 aliphatic heterocycles. The van der Waals surface area contributed by atoms with E-state index in [9.17, 15) is 4.79 Å². The molecule has 2 heterocycles. The van der Waals surface area contributed by atoms with Crippen molar-refractivity contribution in [3.8, 4) is 11.3 Å². The van der Waals surface area contributed by atoms with Crippen LogP contribution in [0.25, 0.3) is 11.3 Å². The number of carbonyl (C=O) groups is 1. The molecular formula is C13H14N2O2S. The maximum Gasteiger partial charge on any atom is 0.340 e. The summed E-state index contributed by atoms with van der Waals surface area (Å²) in [5.74, 6) is -0.411. The molecule has 2 aromatic heterocycles. The molecule has 0 fully saturated rings. The number of anilines is 1. The van der Waals surface area contributed by atoms with Crippen LogP contribution in [0.5, 0.6) is 0 Å². The molecule has 0 amide bonds. The van der Waals surface area contributed by atoms with E-state index < -0.39 is 5.97 Å². The van der Waals surface area contributed by atoms with Crippen molar-refractivity contribution >= 4 is 23.0 Å². The Hall–Kier alpha value is -1.88. The first-order valence-corrected chi connectivity index (χ1v) is 6.48. The van der Waals surface area contributed by atoms with Crippen LogP contribution < -0.4 is 5.73 Å². The standard InChI is InChI=1S/C13H14N2O2S/c1-3-17-13(16)10-4-5-15-12(11(10)14)9-6-8(2)18-7-9/h4-7H,3,14H2,1-2H3. The number of ether oxygens (including phenoxy) is 1. The summed E-state index contributed by atoms with van der Waals surface area (Å²) in [7, 11) is 0. The summed E-state index contributed by atoms with van der Waals surface area (Å²) in [6, 6.07) is 3.58. The molecule has 0 radical (unpaired) electrons. The van der Waals surface area contributed by atoms with E-state index in [0.717, 1.165) is 5.56 Å². The molecule has 0 aliphatic carbocycles. The zero-order valence-electron chi connectivity index (χ0n) is 10.3. The van der Waals surface area contributed by atoms with Crippen LogP contribution in [0.3, 0.4) is 0 Å². The summed E-state index contributed by atoms with van der Waals surface area (Å²) in [6.07, 6.45) is 1.57. The van der Waals surface area contributed by atoms with Crippen molar-refractivity contribution in [2.75, 3.05) is 12.3 Å². The van der Waals surface area contributed by atoms with Crippen molar-refractivity contribution in [1.82, 2.24) is 4.98 Å². The zero-order chi connectivity index (χ0) is 13.1. The molecule has 4 nitrogen and oxygen atoms in total. The van der Waals surface area contributed by atoms with Crippen molar-refractivity contribution in [2.45, 2.75) is 13.8 Å². The summed E-state index contributed by atoms with van der Waals surface area (Å²) in [6.45, 7) is 4.10. The lowest BCUT2D eigenvalue weighted by molar-refractivity contribution is 0.0527. The third-order valence-corrected chi connectivity index (χ3v) is 3.35. The summed E-state index contributed by atoms with van der Waals surface area (Å²) in [5, 5.41) is 1.98. The molecule has 2 N–H and O–H groups in total. The van der Waals surface area contributed by atoms with Crippen LogP contribution in [-0.2, 0) is 4.74 Å². The Labute approximate surface area is 109 Å². The first-order chi connectivity index (χ1) is 8.63. The molecule has 94 valence electrons. The number of aryl methyl sites for hydroxylation is 1. The minimum atomic E-state index is -0.411. The van der Waals surface area contributed by atoms with Gasteiger partial charge in [-0.1, -0.05) is 0 Å². The van der Waals surface area contributed by atoms with E-state index >= 15 is 0 Å². The van der Waals surface area contributed by atoms with Crippen molar-refractivity contribution in [2.24, 2.45) is 0 Å². The van der Waals surface area contributed by atoms with Crippen molar-refractivity contribution < 1.29 is 9.53 Å². The molecule has 0 saturated carbocycles. The Morgan fingerprint density at radius 2 is 2.33 bits per heavy atom. The molecule has 0 atom stereocenters. The van der Waals surface area contributed by atoms with Crippen molar-refractivity contribution in [1.29, 1.82) is 0 Å². The quantitative estimate of drug-likeness (QED) is 0.864. The van der Waals surface area contributed by atoms with Crippen LogP contribution in [0, 0.1) is 6.92 Å². The Bertz CT molecular complexity index is 578. The molecule has 0 saturated heterocycles. The van der Waals surface area contributed by atoms with Crippen LogP contribution in [0.4, 0.5) is 5.69 Å². The lowest BCUT2D eigenvalue weighted by Gasteiger charge is -2.08. The lowest BCUT2D eigenvalue weighted by atomic mass is 10.1. The van der Waals surface area contributed by atoms with E-state index in [-0.39, 0.29) is 0 Å². The van der Waals surface area contributed by atoms with Gasteiger partial charge in [-0.05, 0) is 26.0 Å². The third kappa shape index (κ3) is 2.36. The minimum Gasteiger partial charge on any atom is -0.462 e. The van der Waals surface area contributed by atoms with Gasteiger partial charge in [-0.3, -0.25) is 4.98 Å². The zero-order valence-corrected chi connectivity index (χ0v) is 11.1. The topological polar surface area (TPSA) is 65.2 Å². The highest BCUT2D eigenvalue weighted by Crippen LogP contribution is 2.30. The number of hydrogen-bond acceptors (Lipinski definition) is 5.